The van der Waals surface area contributed by atoms with Gasteiger partial charge >= 0.3 is 5.55 Å². The fourth-order valence-electron chi connectivity index (χ4n) is 0.685. The molecule has 74 valence electrons. The Morgan fingerprint density at radius 1 is 1.38 bits per heavy atom. The highest BCUT2D eigenvalue weighted by molar-refractivity contribution is 8.04. The van der Waals surface area contributed by atoms with Crippen LogP contribution >= 0.6 is 0 Å². The number of hydrogen-bond acceptors (Lipinski definition) is 2. The molecule has 13 heavy (non-hydrogen) atoms. The van der Waals surface area contributed by atoms with Crippen LogP contribution < -0.4 is 0 Å². The van der Waals surface area contributed by atoms with Crippen molar-refractivity contribution in [1.29, 1.82) is 0 Å². The van der Waals surface area contributed by atoms with E-state index in [4.69, 9.17) is 5.53 Å². The molecule has 4 nitrogen and oxygen atoms in total. The van der Waals surface area contributed by atoms with Gasteiger partial charge in [0.15, 0.2) is 0 Å². The van der Waals surface area contributed by atoms with E-state index in [9.17, 15) is 8.42 Å². The topological polar surface area (TPSA) is 70.5 Å². The van der Waals surface area contributed by atoms with Crippen LogP contribution in [0.2, 0.25) is 0 Å². The average molecular weight is 202 g/mol. The summed E-state index contributed by atoms with van der Waals surface area (Å²) >= 11 is 0. The zero-order valence-corrected chi connectivity index (χ0v) is 8.66. The van der Waals surface area contributed by atoms with E-state index < -0.39 is 9.84 Å². The molecule has 0 aliphatic rings. The molecule has 0 aliphatic heterocycles. The van der Waals surface area contributed by atoms with Gasteiger partial charge in [-0.05, 0) is 12.3 Å². The molecule has 0 N–H and O–H groups in total. The maximum atomic E-state index is 10.9. The molecule has 0 unspecified atom stereocenters. The summed E-state index contributed by atoms with van der Waals surface area (Å²) in [7, 11) is -3.36. The lowest BCUT2D eigenvalue weighted by molar-refractivity contribution is 0.00756. The van der Waals surface area contributed by atoms with Crippen molar-refractivity contribution in [3.63, 3.8) is 0 Å². The number of rotatable bonds is 5. The third-order valence-electron chi connectivity index (χ3n) is 1.31. The van der Waals surface area contributed by atoms with Gasteiger partial charge in [-0.25, -0.2) is 8.42 Å². The minimum Gasteiger partial charge on any atom is -0.361 e. The number of sulfone groups is 1. The van der Waals surface area contributed by atoms with Crippen molar-refractivity contribution in [3.05, 3.63) is 17.7 Å². The summed E-state index contributed by atoms with van der Waals surface area (Å²) in [5, 5.41) is 0. The number of allylic oxidation sites excluding steroid dienone is 1. The molecule has 0 heterocycles. The van der Waals surface area contributed by atoms with Gasteiger partial charge in [0.05, 0.1) is 5.75 Å². The second kappa shape index (κ2) is 5.67. The molecule has 0 amide bonds. The van der Waals surface area contributed by atoms with Crippen LogP contribution in [-0.4, -0.2) is 24.5 Å². The first-order valence-corrected chi connectivity index (χ1v) is 5.74. The van der Waals surface area contributed by atoms with Crippen LogP contribution in [0.15, 0.2) is 12.2 Å². The summed E-state index contributed by atoms with van der Waals surface area (Å²) in [4.78, 5) is 2.47. The highest BCUT2D eigenvalue weighted by Crippen LogP contribution is 1.99. The molecular weight excluding hydrogens is 188 g/mol. The Balaban J connectivity index is 4.03. The minimum absolute atomic E-state index is 0.107. The van der Waals surface area contributed by atoms with Gasteiger partial charge in [0.1, 0.15) is 0 Å². The summed E-state index contributed by atoms with van der Waals surface area (Å²) in [5.74, 6) is 0.412. The Hall–Kier alpha value is -0.930. The average Bonchev–Trinajstić information content (AvgIpc) is 1.98. The Labute approximate surface area is 78.8 Å². The van der Waals surface area contributed by atoms with Crippen molar-refractivity contribution in [2.24, 2.45) is 5.92 Å². The summed E-state index contributed by atoms with van der Waals surface area (Å²) < 4.78 is 21.8. The Bertz CT molecular complexity index is 311. The second-order valence-corrected chi connectivity index (χ2v) is 5.02. The normalized spacial score (nSPS) is 11.9. The summed E-state index contributed by atoms with van der Waals surface area (Å²) in [6.45, 7) is 4.10. The van der Waals surface area contributed by atoms with Crippen molar-refractivity contribution in [2.45, 2.75) is 20.3 Å². The largest absolute Gasteiger partial charge is 0.370 e. The second-order valence-electron chi connectivity index (χ2n) is 3.15. The fourth-order valence-corrected chi connectivity index (χ4v) is 1.32. The predicted octanol–water partition coefficient (Wildman–Crippen LogP) is 1.26. The van der Waals surface area contributed by atoms with Crippen LogP contribution in [0.3, 0.4) is 0 Å². The van der Waals surface area contributed by atoms with E-state index in [1.54, 1.807) is 6.08 Å². The zero-order chi connectivity index (χ0) is 10.3. The van der Waals surface area contributed by atoms with Crippen molar-refractivity contribution in [3.8, 4) is 0 Å². The maximum absolute atomic E-state index is 10.9. The first-order valence-electron chi connectivity index (χ1n) is 4.03. The van der Waals surface area contributed by atoms with Gasteiger partial charge in [-0.3, -0.25) is 0 Å². The molecule has 0 saturated heterocycles. The lowest BCUT2D eigenvalue weighted by atomic mass is 10.1. The highest BCUT2D eigenvalue weighted by Gasteiger charge is 2.08. The van der Waals surface area contributed by atoms with E-state index in [0.29, 0.717) is 11.5 Å². The fraction of sp³-hybridized carbons (Fsp3) is 0.625. The van der Waals surface area contributed by atoms with Crippen molar-refractivity contribution >= 4 is 15.4 Å². The molecule has 0 saturated carbocycles. The first kappa shape index (κ1) is 12.1. The molecule has 0 aliphatic carbocycles. The van der Waals surface area contributed by atoms with Gasteiger partial charge in [-0.2, -0.15) is 4.79 Å². The lowest BCUT2D eigenvalue weighted by Gasteiger charge is -1.95. The van der Waals surface area contributed by atoms with E-state index in [0.717, 1.165) is 6.42 Å². The van der Waals surface area contributed by atoms with E-state index in [2.05, 4.69) is 4.79 Å². The van der Waals surface area contributed by atoms with Gasteiger partial charge in [-0.1, -0.05) is 26.0 Å². The van der Waals surface area contributed by atoms with Crippen LogP contribution in [-0.2, 0) is 9.84 Å². The molecule has 0 bridgehead atoms. The van der Waals surface area contributed by atoms with E-state index in [1.165, 1.54) is 0 Å². The van der Waals surface area contributed by atoms with Crippen LogP contribution in [0.4, 0.5) is 0 Å². The van der Waals surface area contributed by atoms with Crippen molar-refractivity contribution < 1.29 is 13.2 Å². The van der Waals surface area contributed by atoms with Gasteiger partial charge in [0, 0.05) is 0 Å². The molecule has 5 heteroatoms. The molecular formula is C8H14N2O2S. The number of nitrogens with zero attached hydrogens (tertiary/aromatic N) is 2. The third-order valence-corrected chi connectivity index (χ3v) is 2.38. The Morgan fingerprint density at radius 2 is 2.00 bits per heavy atom. The summed E-state index contributed by atoms with van der Waals surface area (Å²) in [6.07, 6.45) is 4.23. The van der Waals surface area contributed by atoms with Crippen molar-refractivity contribution in [2.75, 3.05) is 5.75 Å². The standard InChI is InChI=1S/C8H14N2O2S/c1-8(2)5-3-4-6-13(11,12)7-10-9/h3-4,7-8H,5-6H2,1-2H3. The zero-order valence-electron chi connectivity index (χ0n) is 7.84. The molecule has 0 spiro atoms. The predicted molar refractivity (Wildman–Crippen MR) is 52.1 cm³/mol. The lowest BCUT2D eigenvalue weighted by Crippen LogP contribution is -2.05. The quantitative estimate of drug-likeness (QED) is 0.221. The van der Waals surface area contributed by atoms with E-state index >= 15 is 0 Å². The van der Waals surface area contributed by atoms with Gasteiger partial charge in [-0.15, -0.1) is 0 Å². The van der Waals surface area contributed by atoms with Gasteiger partial charge < -0.3 is 5.53 Å². The Kier molecular flexibility index (Phi) is 5.26. The highest BCUT2D eigenvalue weighted by atomic mass is 32.2. The van der Waals surface area contributed by atoms with E-state index in [1.807, 2.05) is 19.9 Å². The third kappa shape index (κ3) is 7.43. The molecule has 0 radical (unpaired) electrons. The molecule has 0 fully saturated rings. The summed E-state index contributed by atoms with van der Waals surface area (Å²) in [6, 6.07) is 0. The Morgan fingerprint density at radius 3 is 2.46 bits per heavy atom. The monoisotopic (exact) mass is 202 g/mol. The molecule has 0 aromatic rings. The van der Waals surface area contributed by atoms with Crippen LogP contribution in [0, 0.1) is 5.92 Å². The van der Waals surface area contributed by atoms with Crippen LogP contribution in [0.5, 0.6) is 0 Å². The number of hydrogen-bond donors (Lipinski definition) is 0. The smallest absolute Gasteiger partial charge is 0.361 e. The SMILES string of the molecule is CC(C)CC=CCS(=O)(=O)C=[N+]=[N-]. The molecule has 0 aromatic carbocycles. The summed E-state index contributed by atoms with van der Waals surface area (Å²) in [5.41, 5.74) is 8.56. The van der Waals surface area contributed by atoms with Crippen LogP contribution in [0.25, 0.3) is 5.53 Å². The van der Waals surface area contributed by atoms with Crippen molar-refractivity contribution in [1.82, 2.24) is 0 Å². The first-order chi connectivity index (χ1) is 5.98. The van der Waals surface area contributed by atoms with E-state index in [-0.39, 0.29) is 5.75 Å². The maximum Gasteiger partial charge on any atom is 0.370 e. The minimum atomic E-state index is -3.36. The molecule has 0 atom stereocenters. The molecule has 0 rings (SSSR count). The van der Waals surface area contributed by atoms with Gasteiger partial charge in [0.2, 0.25) is 9.84 Å². The van der Waals surface area contributed by atoms with Gasteiger partial charge in [0.25, 0.3) is 0 Å². The van der Waals surface area contributed by atoms with Crippen LogP contribution in [0.1, 0.15) is 20.3 Å². The molecule has 0 aromatic heterocycles.